The maximum Gasteiger partial charge on any atom is 0.231 e. The molecule has 0 amide bonds. The van der Waals surface area contributed by atoms with E-state index in [9.17, 15) is 0 Å². The fraction of sp³-hybridized carbons (Fsp3) is 0.400. The number of ether oxygens (including phenoxy) is 2. The average molecular weight is 403 g/mol. The van der Waals surface area contributed by atoms with Crippen LogP contribution >= 0.6 is 24.0 Å². The molecule has 1 aliphatic rings. The first-order valence-corrected chi connectivity index (χ1v) is 6.77. The third-order valence-corrected chi connectivity index (χ3v) is 2.96. The first-order chi connectivity index (χ1) is 9.83. The van der Waals surface area contributed by atoms with Crippen LogP contribution in [-0.4, -0.2) is 26.3 Å². The summed E-state index contributed by atoms with van der Waals surface area (Å²) in [6, 6.07) is 5.94. The van der Waals surface area contributed by atoms with E-state index >= 15 is 0 Å². The predicted molar refractivity (Wildman–Crippen MR) is 95.6 cm³/mol. The lowest BCUT2D eigenvalue weighted by Gasteiger charge is -2.11. The molecule has 1 aliphatic heterocycles. The molecule has 0 bridgehead atoms. The van der Waals surface area contributed by atoms with Gasteiger partial charge in [-0.15, -0.1) is 24.0 Å². The molecule has 2 rings (SSSR count). The van der Waals surface area contributed by atoms with Crippen LogP contribution in [0.25, 0.3) is 0 Å². The highest BCUT2D eigenvalue weighted by molar-refractivity contribution is 14.0. The predicted octanol–water partition coefficient (Wildman–Crippen LogP) is 2.66. The van der Waals surface area contributed by atoms with Crippen LogP contribution in [0.5, 0.6) is 11.5 Å². The molecule has 1 heterocycles. The van der Waals surface area contributed by atoms with Crippen molar-refractivity contribution in [1.82, 2.24) is 10.6 Å². The maximum atomic E-state index is 5.36. The molecule has 0 saturated heterocycles. The van der Waals surface area contributed by atoms with Crippen LogP contribution in [0.4, 0.5) is 0 Å². The van der Waals surface area contributed by atoms with E-state index in [1.54, 1.807) is 7.05 Å². The molecular weight excluding hydrogens is 381 g/mol. The number of fused-ring (bicyclic) bond motifs is 1. The van der Waals surface area contributed by atoms with Gasteiger partial charge >= 0.3 is 0 Å². The van der Waals surface area contributed by atoms with Crippen molar-refractivity contribution in [1.29, 1.82) is 0 Å². The minimum atomic E-state index is 0. The highest BCUT2D eigenvalue weighted by Gasteiger charge is 2.12. The zero-order valence-electron chi connectivity index (χ0n) is 12.4. The fourth-order valence-electron chi connectivity index (χ4n) is 1.90. The molecule has 1 aromatic carbocycles. The number of nitrogens with one attached hydrogen (secondary N) is 2. The Bertz CT molecular complexity index is 504. The first kappa shape index (κ1) is 17.6. The van der Waals surface area contributed by atoms with Crippen LogP contribution in [0.3, 0.4) is 0 Å². The SMILES string of the molecule is CC=CCCNC(=NC)NCc1ccc2c(c1)OCO2.I. The van der Waals surface area contributed by atoms with E-state index in [4.69, 9.17) is 9.47 Å². The van der Waals surface area contributed by atoms with Crippen LogP contribution in [0.15, 0.2) is 35.3 Å². The topological polar surface area (TPSA) is 54.9 Å². The number of allylic oxidation sites excluding steroid dienone is 1. The number of nitrogens with zero attached hydrogens (tertiary/aromatic N) is 1. The molecule has 0 radical (unpaired) electrons. The summed E-state index contributed by atoms with van der Waals surface area (Å²) in [6.45, 7) is 3.89. The molecule has 21 heavy (non-hydrogen) atoms. The first-order valence-electron chi connectivity index (χ1n) is 6.77. The molecule has 0 aromatic heterocycles. The normalized spacial score (nSPS) is 13.1. The van der Waals surface area contributed by atoms with Crippen LogP contribution in [-0.2, 0) is 6.54 Å². The Labute approximate surface area is 142 Å². The molecule has 0 spiro atoms. The van der Waals surface area contributed by atoms with Gasteiger partial charge in [0.2, 0.25) is 6.79 Å². The summed E-state index contributed by atoms with van der Waals surface area (Å²) in [7, 11) is 1.77. The maximum absolute atomic E-state index is 5.36. The zero-order valence-corrected chi connectivity index (χ0v) is 14.7. The van der Waals surface area contributed by atoms with Crippen LogP contribution < -0.4 is 20.1 Å². The average Bonchev–Trinajstić information content (AvgIpc) is 2.94. The van der Waals surface area contributed by atoms with Gasteiger partial charge < -0.3 is 20.1 Å². The van der Waals surface area contributed by atoms with Gasteiger partial charge in [-0.3, -0.25) is 4.99 Å². The second-order valence-corrected chi connectivity index (χ2v) is 4.40. The van der Waals surface area contributed by atoms with Gasteiger partial charge in [0.05, 0.1) is 0 Å². The summed E-state index contributed by atoms with van der Waals surface area (Å²) >= 11 is 0. The number of halogens is 1. The van der Waals surface area contributed by atoms with Crippen LogP contribution in [0.2, 0.25) is 0 Å². The van der Waals surface area contributed by atoms with Crippen molar-refractivity contribution in [3.63, 3.8) is 0 Å². The van der Waals surface area contributed by atoms with Crippen molar-refractivity contribution in [2.45, 2.75) is 19.9 Å². The molecule has 0 unspecified atom stereocenters. The largest absolute Gasteiger partial charge is 0.454 e. The minimum Gasteiger partial charge on any atom is -0.454 e. The molecule has 116 valence electrons. The van der Waals surface area contributed by atoms with E-state index in [1.165, 1.54) is 0 Å². The van der Waals surface area contributed by atoms with Gasteiger partial charge in [0, 0.05) is 20.1 Å². The monoisotopic (exact) mass is 403 g/mol. The summed E-state index contributed by atoms with van der Waals surface area (Å²) in [5, 5.41) is 6.53. The summed E-state index contributed by atoms with van der Waals surface area (Å²) in [5.74, 6) is 2.41. The summed E-state index contributed by atoms with van der Waals surface area (Å²) in [6.07, 6.45) is 5.16. The second kappa shape index (κ2) is 9.49. The Morgan fingerprint density at radius 3 is 2.86 bits per heavy atom. The van der Waals surface area contributed by atoms with Crippen molar-refractivity contribution in [3.8, 4) is 11.5 Å². The number of guanidine groups is 1. The molecule has 6 heteroatoms. The Morgan fingerprint density at radius 2 is 2.10 bits per heavy atom. The third kappa shape index (κ3) is 5.45. The quantitative estimate of drug-likeness (QED) is 0.261. The van der Waals surface area contributed by atoms with Gasteiger partial charge in [-0.05, 0) is 31.0 Å². The van der Waals surface area contributed by atoms with Crippen molar-refractivity contribution in [2.75, 3.05) is 20.4 Å². The Hall–Kier alpha value is -1.44. The zero-order chi connectivity index (χ0) is 14.2. The third-order valence-electron chi connectivity index (χ3n) is 2.96. The number of aliphatic imine (C=N–C) groups is 1. The van der Waals surface area contributed by atoms with Crippen molar-refractivity contribution >= 4 is 29.9 Å². The summed E-state index contributed by atoms with van der Waals surface area (Å²) < 4.78 is 10.7. The van der Waals surface area contributed by atoms with Gasteiger partial charge in [-0.25, -0.2) is 0 Å². The van der Waals surface area contributed by atoms with E-state index in [0.717, 1.165) is 36.0 Å². The minimum absolute atomic E-state index is 0. The number of hydrogen-bond donors (Lipinski definition) is 2. The number of benzene rings is 1. The molecular formula is C15H22IN3O2. The lowest BCUT2D eigenvalue weighted by Crippen LogP contribution is -2.37. The highest BCUT2D eigenvalue weighted by Crippen LogP contribution is 2.32. The van der Waals surface area contributed by atoms with Crippen molar-refractivity contribution in [2.24, 2.45) is 4.99 Å². The molecule has 5 nitrogen and oxygen atoms in total. The fourth-order valence-corrected chi connectivity index (χ4v) is 1.90. The molecule has 2 N–H and O–H groups in total. The lowest BCUT2D eigenvalue weighted by molar-refractivity contribution is 0.174. The standard InChI is InChI=1S/C15H21N3O2.HI/c1-3-4-5-8-17-15(16-2)18-10-12-6-7-13-14(9-12)20-11-19-13;/h3-4,6-7,9H,5,8,10-11H2,1-2H3,(H2,16,17,18);1H. The van der Waals surface area contributed by atoms with Crippen LogP contribution in [0, 0.1) is 0 Å². The van der Waals surface area contributed by atoms with Crippen LogP contribution in [0.1, 0.15) is 18.9 Å². The van der Waals surface area contributed by atoms with E-state index in [-0.39, 0.29) is 24.0 Å². The number of hydrogen-bond acceptors (Lipinski definition) is 3. The van der Waals surface area contributed by atoms with E-state index in [0.29, 0.717) is 13.3 Å². The van der Waals surface area contributed by atoms with E-state index < -0.39 is 0 Å². The second-order valence-electron chi connectivity index (χ2n) is 4.40. The lowest BCUT2D eigenvalue weighted by atomic mass is 10.2. The van der Waals surface area contributed by atoms with Gasteiger partial charge in [-0.1, -0.05) is 18.2 Å². The Balaban J connectivity index is 0.00000220. The smallest absolute Gasteiger partial charge is 0.231 e. The molecule has 0 fully saturated rings. The van der Waals surface area contributed by atoms with Crippen molar-refractivity contribution in [3.05, 3.63) is 35.9 Å². The number of rotatable bonds is 5. The van der Waals surface area contributed by atoms with Gasteiger partial charge in [0.25, 0.3) is 0 Å². The molecule has 0 atom stereocenters. The summed E-state index contributed by atoms with van der Waals surface area (Å²) in [5.41, 5.74) is 1.13. The summed E-state index contributed by atoms with van der Waals surface area (Å²) in [4.78, 5) is 4.19. The highest BCUT2D eigenvalue weighted by atomic mass is 127. The molecule has 1 aromatic rings. The van der Waals surface area contributed by atoms with Gasteiger partial charge in [-0.2, -0.15) is 0 Å². The van der Waals surface area contributed by atoms with E-state index in [2.05, 4.69) is 21.7 Å². The van der Waals surface area contributed by atoms with Gasteiger partial charge in [0.1, 0.15) is 0 Å². The molecule has 0 aliphatic carbocycles. The van der Waals surface area contributed by atoms with E-state index in [1.807, 2.05) is 31.2 Å². The van der Waals surface area contributed by atoms with Gasteiger partial charge in [0.15, 0.2) is 17.5 Å². The molecule has 0 saturated carbocycles. The Kier molecular flexibility index (Phi) is 7.96. The van der Waals surface area contributed by atoms with Crippen molar-refractivity contribution < 1.29 is 9.47 Å². The Morgan fingerprint density at radius 1 is 1.29 bits per heavy atom.